The molecule has 0 aliphatic carbocycles. The Labute approximate surface area is 81.0 Å². The van der Waals surface area contributed by atoms with Gasteiger partial charge in [0.1, 0.15) is 0 Å². The van der Waals surface area contributed by atoms with Crippen LogP contribution in [0.3, 0.4) is 0 Å². The number of rotatable bonds is 4. The Hall–Kier alpha value is -0.850. The maximum atomic E-state index is 11.4. The second-order valence-electron chi connectivity index (χ2n) is 3.80. The van der Waals surface area contributed by atoms with Gasteiger partial charge in [0.2, 0.25) is 0 Å². The number of hydrogen-bond acceptors (Lipinski definition) is 1. The van der Waals surface area contributed by atoms with Crippen LogP contribution in [-0.2, 0) is 11.2 Å². The first-order valence-corrected chi connectivity index (χ1v) is 4.74. The van der Waals surface area contributed by atoms with E-state index in [-0.39, 0.29) is 0 Å². The van der Waals surface area contributed by atoms with Gasteiger partial charge in [0.15, 0.2) is 0 Å². The first-order valence-electron chi connectivity index (χ1n) is 4.74. The SMILES string of the molecule is CC(C)BC(=O)Cc1cbccc1. The van der Waals surface area contributed by atoms with Gasteiger partial charge < -0.3 is 0 Å². The van der Waals surface area contributed by atoms with E-state index in [2.05, 4.69) is 13.8 Å². The standard InChI is InChI=1S/C10H14B2O/c1-8(2)12-10(13)6-9-4-3-5-11-7-9/h3-5,7-8,12H,6H2,1-2H3. The third-order valence-electron chi connectivity index (χ3n) is 1.88. The van der Waals surface area contributed by atoms with Crippen molar-refractivity contribution in [3.63, 3.8) is 0 Å². The predicted molar refractivity (Wildman–Crippen MR) is 58.7 cm³/mol. The molecule has 0 unspecified atom stereocenters. The molecule has 0 saturated heterocycles. The molecule has 1 aromatic rings. The van der Waals surface area contributed by atoms with Crippen molar-refractivity contribution in [1.29, 1.82) is 0 Å². The van der Waals surface area contributed by atoms with E-state index < -0.39 is 0 Å². The van der Waals surface area contributed by atoms with Crippen LogP contribution < -0.4 is 0 Å². The van der Waals surface area contributed by atoms with E-state index in [1.54, 1.807) is 0 Å². The topological polar surface area (TPSA) is 17.1 Å². The molecule has 0 bridgehead atoms. The fourth-order valence-corrected chi connectivity index (χ4v) is 1.35. The maximum absolute atomic E-state index is 11.4. The normalized spacial score (nSPS) is 9.77. The first-order chi connectivity index (χ1) is 6.18. The molecular formula is C10H14B2O. The number of hydrogen-bond donors (Lipinski definition) is 0. The van der Waals surface area contributed by atoms with Gasteiger partial charge in [-0.3, -0.25) is 0 Å². The van der Waals surface area contributed by atoms with E-state index in [0.717, 1.165) is 5.56 Å². The summed E-state index contributed by atoms with van der Waals surface area (Å²) in [5.41, 5.74) is 1.45. The zero-order valence-corrected chi connectivity index (χ0v) is 8.29. The molecule has 1 aromatic heterocycles. The minimum atomic E-state index is 0.334. The first kappa shape index (κ1) is 10.2. The molecule has 0 aliphatic rings. The summed E-state index contributed by atoms with van der Waals surface area (Å²) < 4.78 is 0. The quantitative estimate of drug-likeness (QED) is 0.626. The third kappa shape index (κ3) is 4.07. The Morgan fingerprint density at radius 3 is 2.92 bits per heavy atom. The average Bonchev–Trinajstić information content (AvgIpc) is 2.04. The van der Waals surface area contributed by atoms with Crippen molar-refractivity contribution in [2.24, 2.45) is 0 Å². The van der Waals surface area contributed by atoms with E-state index in [1.165, 1.54) is 0 Å². The molecule has 3 heteroatoms. The van der Waals surface area contributed by atoms with Crippen molar-refractivity contribution in [2.75, 3.05) is 0 Å². The summed E-state index contributed by atoms with van der Waals surface area (Å²) in [4.78, 5) is 11.4. The van der Waals surface area contributed by atoms with Crippen molar-refractivity contribution < 1.29 is 4.79 Å². The zero-order valence-electron chi connectivity index (χ0n) is 8.29. The molecular weight excluding hydrogens is 158 g/mol. The van der Waals surface area contributed by atoms with Gasteiger partial charge in [0.25, 0.3) is 0 Å². The molecule has 13 heavy (non-hydrogen) atoms. The van der Waals surface area contributed by atoms with Crippen LogP contribution in [0.1, 0.15) is 19.4 Å². The molecule has 0 aliphatic heterocycles. The molecule has 0 saturated carbocycles. The summed E-state index contributed by atoms with van der Waals surface area (Å²) >= 11 is 0. The molecule has 0 amide bonds. The molecule has 1 heterocycles. The van der Waals surface area contributed by atoms with Gasteiger partial charge in [0.05, 0.1) is 0 Å². The van der Waals surface area contributed by atoms with Gasteiger partial charge in [-0.25, -0.2) is 0 Å². The molecule has 66 valence electrons. The summed E-state index contributed by atoms with van der Waals surface area (Å²) in [7, 11) is 0.689. The molecule has 1 rings (SSSR count). The van der Waals surface area contributed by atoms with Crippen molar-refractivity contribution in [1.82, 2.24) is 0 Å². The molecule has 0 fully saturated rings. The molecule has 0 spiro atoms. The van der Waals surface area contributed by atoms with Crippen LogP contribution in [0.5, 0.6) is 0 Å². The summed E-state index contributed by atoms with van der Waals surface area (Å²) in [6, 6.07) is 3.97. The van der Waals surface area contributed by atoms with Gasteiger partial charge in [0, 0.05) is 0 Å². The second-order valence-corrected chi connectivity index (χ2v) is 3.80. The number of carbonyl (C=O) groups is 1. The molecule has 0 radical (unpaired) electrons. The second kappa shape index (κ2) is 5.00. The Morgan fingerprint density at radius 1 is 1.62 bits per heavy atom. The van der Waals surface area contributed by atoms with Crippen LogP contribution in [0.4, 0.5) is 0 Å². The summed E-state index contributed by atoms with van der Waals surface area (Å²) in [5, 5.41) is 0. The zero-order chi connectivity index (χ0) is 9.68. The van der Waals surface area contributed by atoms with Crippen molar-refractivity contribution in [3.05, 3.63) is 29.6 Å². The van der Waals surface area contributed by atoms with Crippen LogP contribution in [0, 0.1) is 0 Å². The van der Waals surface area contributed by atoms with Crippen LogP contribution in [0.25, 0.3) is 0 Å². The van der Waals surface area contributed by atoms with E-state index in [1.807, 2.05) is 31.0 Å². The Balaban J connectivity index is 2.46. The third-order valence-corrected chi connectivity index (χ3v) is 1.88. The Kier molecular flexibility index (Phi) is 3.94. The van der Waals surface area contributed by atoms with Crippen LogP contribution in [0.2, 0.25) is 5.82 Å². The Morgan fingerprint density at radius 2 is 2.38 bits per heavy atom. The van der Waals surface area contributed by atoms with Crippen molar-refractivity contribution in [3.8, 4) is 0 Å². The molecule has 0 N–H and O–H groups in total. The fourth-order valence-electron chi connectivity index (χ4n) is 1.35. The average molecular weight is 172 g/mol. The molecule has 0 atom stereocenters. The fraction of sp³-hybridized carbons (Fsp3) is 0.400. The van der Waals surface area contributed by atoms with Gasteiger partial charge >= 0.3 is 80.4 Å². The van der Waals surface area contributed by atoms with Gasteiger partial charge in [-0.05, 0) is 0 Å². The van der Waals surface area contributed by atoms with E-state index in [4.69, 9.17) is 0 Å². The summed E-state index contributed by atoms with van der Waals surface area (Å²) in [5.74, 6) is 4.44. The van der Waals surface area contributed by atoms with Gasteiger partial charge in [-0.1, -0.05) is 0 Å². The van der Waals surface area contributed by atoms with Crippen LogP contribution >= 0.6 is 0 Å². The van der Waals surface area contributed by atoms with E-state index in [9.17, 15) is 4.79 Å². The minimum absolute atomic E-state index is 0.334. The van der Waals surface area contributed by atoms with Gasteiger partial charge in [-0.15, -0.1) is 0 Å². The molecule has 1 nitrogen and oxygen atoms in total. The van der Waals surface area contributed by atoms with Gasteiger partial charge in [-0.2, -0.15) is 0 Å². The summed E-state index contributed by atoms with van der Waals surface area (Å²) in [6.45, 7) is 6.11. The van der Waals surface area contributed by atoms with Crippen molar-refractivity contribution in [2.45, 2.75) is 26.1 Å². The van der Waals surface area contributed by atoms with Crippen LogP contribution in [0.15, 0.2) is 24.1 Å². The van der Waals surface area contributed by atoms with E-state index in [0.29, 0.717) is 25.2 Å². The van der Waals surface area contributed by atoms with E-state index >= 15 is 0 Å². The van der Waals surface area contributed by atoms with Crippen LogP contribution in [-0.4, -0.2) is 19.9 Å². The Bertz CT molecular complexity index is 270. The summed E-state index contributed by atoms with van der Waals surface area (Å²) in [6.07, 6.45) is 0.582. The predicted octanol–water partition coefficient (Wildman–Crippen LogP) is 1.36. The molecule has 0 aromatic carbocycles. The van der Waals surface area contributed by atoms with Crippen molar-refractivity contribution >= 4 is 19.9 Å². The number of carbonyl (C=O) groups excluding carboxylic acids is 1. The monoisotopic (exact) mass is 172 g/mol.